The average Bonchev–Trinajstić information content (AvgIpc) is 2.31. The second-order valence-corrected chi connectivity index (χ2v) is 3.96. The number of nitrogens with zero attached hydrogens (tertiary/aromatic N) is 2. The predicted molar refractivity (Wildman–Crippen MR) is 66.2 cm³/mol. The van der Waals surface area contributed by atoms with Crippen molar-refractivity contribution in [2.75, 3.05) is 5.73 Å². The molecule has 0 atom stereocenters. The molecule has 88 valence electrons. The molecular formula is C12H11ClFN3. The molecule has 0 aliphatic heterocycles. The van der Waals surface area contributed by atoms with Crippen LogP contribution in [0, 0.1) is 5.82 Å². The van der Waals surface area contributed by atoms with Crippen LogP contribution >= 0.6 is 11.6 Å². The van der Waals surface area contributed by atoms with Gasteiger partial charge >= 0.3 is 0 Å². The van der Waals surface area contributed by atoms with Crippen LogP contribution in [0.1, 0.15) is 12.6 Å². The molecule has 0 radical (unpaired) electrons. The van der Waals surface area contributed by atoms with Crippen LogP contribution in [0.3, 0.4) is 0 Å². The van der Waals surface area contributed by atoms with Crippen molar-refractivity contribution in [1.82, 2.24) is 9.97 Å². The summed E-state index contributed by atoms with van der Waals surface area (Å²) in [5.41, 5.74) is 7.14. The molecule has 2 rings (SSSR count). The first-order valence-corrected chi connectivity index (χ1v) is 5.57. The van der Waals surface area contributed by atoms with Gasteiger partial charge in [0.15, 0.2) is 5.82 Å². The highest BCUT2D eigenvalue weighted by Crippen LogP contribution is 2.26. The van der Waals surface area contributed by atoms with Gasteiger partial charge < -0.3 is 5.73 Å². The van der Waals surface area contributed by atoms with Crippen molar-refractivity contribution in [2.45, 2.75) is 13.3 Å². The van der Waals surface area contributed by atoms with Crippen molar-refractivity contribution in [3.63, 3.8) is 0 Å². The molecule has 17 heavy (non-hydrogen) atoms. The van der Waals surface area contributed by atoms with E-state index in [-0.39, 0.29) is 11.0 Å². The molecule has 2 N–H and O–H groups in total. The topological polar surface area (TPSA) is 51.8 Å². The third-order valence-electron chi connectivity index (χ3n) is 2.39. The number of nitrogen functional groups attached to an aromatic ring is 1. The molecule has 0 spiro atoms. The number of hydrogen-bond acceptors (Lipinski definition) is 3. The van der Waals surface area contributed by atoms with E-state index in [2.05, 4.69) is 9.97 Å². The monoisotopic (exact) mass is 251 g/mol. The summed E-state index contributed by atoms with van der Waals surface area (Å²) in [6.07, 6.45) is 0.710. The first kappa shape index (κ1) is 11.8. The van der Waals surface area contributed by atoms with E-state index in [0.29, 0.717) is 17.7 Å². The van der Waals surface area contributed by atoms with Gasteiger partial charge in [0, 0.05) is 11.3 Å². The minimum Gasteiger partial charge on any atom is -0.368 e. The van der Waals surface area contributed by atoms with Crippen LogP contribution < -0.4 is 5.73 Å². The third kappa shape index (κ3) is 2.36. The number of halogens is 2. The van der Waals surface area contributed by atoms with Crippen LogP contribution in [0.2, 0.25) is 5.02 Å². The molecule has 0 bridgehead atoms. The van der Waals surface area contributed by atoms with Crippen molar-refractivity contribution in [2.24, 2.45) is 0 Å². The lowest BCUT2D eigenvalue weighted by atomic mass is 10.1. The number of benzene rings is 1. The molecule has 0 aliphatic rings. The van der Waals surface area contributed by atoms with E-state index in [0.717, 1.165) is 5.69 Å². The fourth-order valence-corrected chi connectivity index (χ4v) is 1.71. The number of aryl methyl sites for hydroxylation is 1. The summed E-state index contributed by atoms with van der Waals surface area (Å²) >= 11 is 5.73. The van der Waals surface area contributed by atoms with Gasteiger partial charge in [0.25, 0.3) is 0 Å². The fraction of sp³-hybridized carbons (Fsp3) is 0.167. The Kier molecular flexibility index (Phi) is 3.24. The van der Waals surface area contributed by atoms with Crippen molar-refractivity contribution < 1.29 is 4.39 Å². The Morgan fingerprint density at radius 1 is 1.35 bits per heavy atom. The van der Waals surface area contributed by atoms with Crippen molar-refractivity contribution in [3.05, 3.63) is 40.8 Å². The second kappa shape index (κ2) is 4.67. The Hall–Kier alpha value is -1.68. The summed E-state index contributed by atoms with van der Waals surface area (Å²) in [6.45, 7) is 1.94. The number of rotatable bonds is 2. The Labute approximate surface area is 103 Å². The summed E-state index contributed by atoms with van der Waals surface area (Å²) in [6, 6.07) is 6.49. The van der Waals surface area contributed by atoms with Gasteiger partial charge in [0.2, 0.25) is 5.95 Å². The zero-order valence-corrected chi connectivity index (χ0v) is 10.0. The number of nitrogens with two attached hydrogens (primary N) is 1. The smallest absolute Gasteiger partial charge is 0.220 e. The second-order valence-electron chi connectivity index (χ2n) is 3.56. The van der Waals surface area contributed by atoms with Crippen molar-refractivity contribution >= 4 is 17.5 Å². The molecule has 1 aromatic carbocycles. The molecule has 1 heterocycles. The Morgan fingerprint density at radius 2 is 2.12 bits per heavy atom. The fourth-order valence-electron chi connectivity index (χ4n) is 1.54. The third-order valence-corrected chi connectivity index (χ3v) is 2.68. The molecule has 0 saturated carbocycles. The molecule has 0 saturated heterocycles. The summed E-state index contributed by atoms with van der Waals surface area (Å²) in [5, 5.41) is 0.0673. The molecule has 0 aliphatic carbocycles. The molecule has 3 nitrogen and oxygen atoms in total. The van der Waals surface area contributed by atoms with Crippen LogP contribution in [-0.4, -0.2) is 9.97 Å². The van der Waals surface area contributed by atoms with Crippen LogP contribution in [0.15, 0.2) is 24.3 Å². The van der Waals surface area contributed by atoms with E-state index in [1.54, 1.807) is 18.2 Å². The maximum atomic E-state index is 13.8. The standard InChI is InChI=1S/C12H11ClFN3/c1-2-7-6-10(17-12(15)16-7)8-4-3-5-9(13)11(8)14/h3-6H,2H2,1H3,(H2,15,16,17). The first-order chi connectivity index (χ1) is 8.11. The van der Waals surface area contributed by atoms with E-state index in [1.807, 2.05) is 6.92 Å². The number of aromatic nitrogens is 2. The predicted octanol–water partition coefficient (Wildman–Crippen LogP) is 3.08. The molecule has 5 heteroatoms. The van der Waals surface area contributed by atoms with Crippen LogP contribution in [0.25, 0.3) is 11.3 Å². The van der Waals surface area contributed by atoms with E-state index in [1.165, 1.54) is 6.07 Å². The maximum Gasteiger partial charge on any atom is 0.220 e. The van der Waals surface area contributed by atoms with Gasteiger partial charge in [-0.2, -0.15) is 0 Å². The van der Waals surface area contributed by atoms with Gasteiger partial charge in [-0.3, -0.25) is 0 Å². The molecule has 0 unspecified atom stereocenters. The Morgan fingerprint density at radius 3 is 2.82 bits per heavy atom. The minimum absolute atomic E-state index is 0.0673. The minimum atomic E-state index is -0.491. The lowest BCUT2D eigenvalue weighted by Crippen LogP contribution is -2.01. The van der Waals surface area contributed by atoms with Gasteiger partial charge in [-0.1, -0.05) is 24.6 Å². The van der Waals surface area contributed by atoms with Crippen LogP contribution in [0.5, 0.6) is 0 Å². The van der Waals surface area contributed by atoms with E-state index in [9.17, 15) is 4.39 Å². The molecule has 0 fully saturated rings. The lowest BCUT2D eigenvalue weighted by Gasteiger charge is -2.06. The SMILES string of the molecule is CCc1cc(-c2cccc(Cl)c2F)nc(N)n1. The number of anilines is 1. The van der Waals surface area contributed by atoms with E-state index < -0.39 is 5.82 Å². The summed E-state index contributed by atoms with van der Waals surface area (Å²) in [7, 11) is 0. The molecule has 1 aromatic heterocycles. The van der Waals surface area contributed by atoms with Gasteiger partial charge in [-0.05, 0) is 24.6 Å². The zero-order chi connectivity index (χ0) is 12.4. The quantitative estimate of drug-likeness (QED) is 0.892. The lowest BCUT2D eigenvalue weighted by molar-refractivity contribution is 0.631. The average molecular weight is 252 g/mol. The molecule has 0 amide bonds. The Balaban J connectivity index is 2.60. The normalized spacial score (nSPS) is 10.5. The highest BCUT2D eigenvalue weighted by molar-refractivity contribution is 6.31. The van der Waals surface area contributed by atoms with Gasteiger partial charge in [-0.15, -0.1) is 0 Å². The van der Waals surface area contributed by atoms with E-state index >= 15 is 0 Å². The molecule has 2 aromatic rings. The van der Waals surface area contributed by atoms with Crippen LogP contribution in [-0.2, 0) is 6.42 Å². The van der Waals surface area contributed by atoms with Gasteiger partial charge in [0.1, 0.15) is 0 Å². The highest BCUT2D eigenvalue weighted by Gasteiger charge is 2.11. The summed E-state index contributed by atoms with van der Waals surface area (Å²) < 4.78 is 13.8. The van der Waals surface area contributed by atoms with Gasteiger partial charge in [-0.25, -0.2) is 14.4 Å². The van der Waals surface area contributed by atoms with Gasteiger partial charge in [0.05, 0.1) is 10.7 Å². The summed E-state index contributed by atoms with van der Waals surface area (Å²) in [4.78, 5) is 8.06. The van der Waals surface area contributed by atoms with Crippen LogP contribution in [0.4, 0.5) is 10.3 Å². The first-order valence-electron chi connectivity index (χ1n) is 5.19. The molecular weight excluding hydrogens is 241 g/mol. The van der Waals surface area contributed by atoms with Crippen molar-refractivity contribution in [3.8, 4) is 11.3 Å². The highest BCUT2D eigenvalue weighted by atomic mass is 35.5. The number of hydrogen-bond donors (Lipinski definition) is 1. The Bertz CT molecular complexity index is 557. The van der Waals surface area contributed by atoms with E-state index in [4.69, 9.17) is 17.3 Å². The summed E-state index contributed by atoms with van der Waals surface area (Å²) in [5.74, 6) is -0.354. The largest absolute Gasteiger partial charge is 0.368 e. The maximum absolute atomic E-state index is 13.8. The zero-order valence-electron chi connectivity index (χ0n) is 9.24. The van der Waals surface area contributed by atoms with Crippen molar-refractivity contribution in [1.29, 1.82) is 0 Å².